The number of pyridine rings is 1. The van der Waals surface area contributed by atoms with E-state index < -0.39 is 5.91 Å². The smallest absolute Gasteiger partial charge is 0.234 e. The summed E-state index contributed by atoms with van der Waals surface area (Å²) in [5.74, 6) is 0.992. The van der Waals surface area contributed by atoms with Crippen LogP contribution in [0.5, 0.6) is 0 Å². The molecule has 45 heavy (non-hydrogen) atoms. The van der Waals surface area contributed by atoms with Crippen molar-refractivity contribution in [1.82, 2.24) is 29.8 Å². The molecule has 2 aliphatic heterocycles. The van der Waals surface area contributed by atoms with Gasteiger partial charge in [-0.25, -0.2) is 18.9 Å². The second-order valence-electron chi connectivity index (χ2n) is 11.3. The molecule has 13 heteroatoms. The minimum Gasteiger partial charge on any atom is -0.379 e. The van der Waals surface area contributed by atoms with Crippen molar-refractivity contribution >= 4 is 29.1 Å². The molecular formula is C32H38FN9O3. The lowest BCUT2D eigenvalue weighted by Gasteiger charge is -2.35. The number of piperazine rings is 1. The number of imidazole rings is 1. The number of anilines is 2. The normalized spacial score (nSPS) is 17.2. The molecule has 0 aliphatic carbocycles. The number of nitrogens with one attached hydrogen (secondary N) is 1. The first kappa shape index (κ1) is 30.4. The number of amides is 2. The first-order valence-electron chi connectivity index (χ1n) is 15.4. The third-order valence-electron chi connectivity index (χ3n) is 8.25. The van der Waals surface area contributed by atoms with E-state index in [1.54, 1.807) is 18.3 Å². The summed E-state index contributed by atoms with van der Waals surface area (Å²) < 4.78 is 21.1. The van der Waals surface area contributed by atoms with Crippen molar-refractivity contribution in [3.05, 3.63) is 72.2 Å². The van der Waals surface area contributed by atoms with Gasteiger partial charge in [-0.15, -0.1) is 5.10 Å². The van der Waals surface area contributed by atoms with Gasteiger partial charge < -0.3 is 25.6 Å². The largest absolute Gasteiger partial charge is 0.379 e. The van der Waals surface area contributed by atoms with Crippen LogP contribution in [0.15, 0.2) is 60.8 Å². The van der Waals surface area contributed by atoms with Crippen LogP contribution in [-0.2, 0) is 14.3 Å². The maximum atomic E-state index is 14.0. The van der Waals surface area contributed by atoms with E-state index in [2.05, 4.69) is 25.0 Å². The molecule has 2 aliphatic rings. The summed E-state index contributed by atoms with van der Waals surface area (Å²) in [5.41, 5.74) is 8.34. The topological polar surface area (TPSA) is 134 Å². The number of benzene rings is 1. The van der Waals surface area contributed by atoms with E-state index in [0.717, 1.165) is 79.8 Å². The van der Waals surface area contributed by atoms with Gasteiger partial charge in [0.1, 0.15) is 23.1 Å². The summed E-state index contributed by atoms with van der Waals surface area (Å²) >= 11 is 0. The number of hydrogen-bond acceptors (Lipinski definition) is 9. The molecule has 12 nitrogen and oxygen atoms in total. The molecule has 0 unspecified atom stereocenters. The van der Waals surface area contributed by atoms with Gasteiger partial charge in [-0.2, -0.15) is 0 Å². The molecule has 2 fully saturated rings. The van der Waals surface area contributed by atoms with Gasteiger partial charge >= 0.3 is 0 Å². The van der Waals surface area contributed by atoms with Gasteiger partial charge in [-0.1, -0.05) is 18.2 Å². The number of fused-ring (bicyclic) bond motifs is 1. The highest BCUT2D eigenvalue weighted by atomic mass is 19.1. The van der Waals surface area contributed by atoms with Gasteiger partial charge in [0.15, 0.2) is 5.65 Å². The first-order chi connectivity index (χ1) is 21.9. The summed E-state index contributed by atoms with van der Waals surface area (Å²) in [6.07, 6.45) is 3.92. The first-order valence-corrected chi connectivity index (χ1v) is 15.4. The van der Waals surface area contributed by atoms with Gasteiger partial charge in [0.05, 0.1) is 37.7 Å². The highest BCUT2D eigenvalue weighted by Crippen LogP contribution is 2.35. The SMILES string of the molecule is NC(=O)CCOCCNC(=O)CN1CCN(c2cccc(-c3cnc4ccc(N5CCC[C@@H]5c5cccc(F)c5)nn34)n2)CC1. The van der Waals surface area contributed by atoms with Gasteiger partial charge in [0.2, 0.25) is 11.8 Å². The maximum absolute atomic E-state index is 14.0. The maximum Gasteiger partial charge on any atom is 0.234 e. The lowest BCUT2D eigenvalue weighted by Crippen LogP contribution is -2.50. The third kappa shape index (κ3) is 7.37. The third-order valence-corrected chi connectivity index (χ3v) is 8.25. The van der Waals surface area contributed by atoms with Crippen LogP contribution in [0, 0.1) is 5.82 Å². The van der Waals surface area contributed by atoms with Crippen molar-refractivity contribution in [3.8, 4) is 11.4 Å². The van der Waals surface area contributed by atoms with Crippen LogP contribution in [0.4, 0.5) is 16.0 Å². The fourth-order valence-electron chi connectivity index (χ4n) is 5.97. The van der Waals surface area contributed by atoms with Crippen molar-refractivity contribution < 1.29 is 18.7 Å². The number of rotatable bonds is 12. The van der Waals surface area contributed by atoms with E-state index in [0.29, 0.717) is 19.7 Å². The molecule has 0 spiro atoms. The van der Waals surface area contributed by atoms with Gasteiger partial charge in [-0.05, 0) is 54.8 Å². The average molecular weight is 616 g/mol. The predicted octanol–water partition coefficient (Wildman–Crippen LogP) is 2.40. The van der Waals surface area contributed by atoms with Crippen molar-refractivity contribution in [2.75, 3.05) is 68.8 Å². The molecule has 3 N–H and O–H groups in total. The Labute approximate surface area is 261 Å². The molecule has 2 saturated heterocycles. The van der Waals surface area contributed by atoms with E-state index in [9.17, 15) is 14.0 Å². The highest BCUT2D eigenvalue weighted by Gasteiger charge is 2.28. The molecule has 6 rings (SSSR count). The fourth-order valence-corrected chi connectivity index (χ4v) is 5.97. The molecule has 0 saturated carbocycles. The standard InChI is InChI=1S/C32H38FN9O3/c33-24-5-1-4-23(20-24)26-7-3-13-41(26)31-10-9-29-36-21-27(42(29)38-31)25-6-2-8-30(37-25)40-16-14-39(15-17-40)22-32(44)35-12-19-45-18-11-28(34)43/h1-2,4-6,8-10,20-21,26H,3,7,11-19,22H2,(H2,34,43)(H,35,44)/t26-/m1/s1. The summed E-state index contributed by atoms with van der Waals surface area (Å²) in [5, 5.41) is 7.83. The quantitative estimate of drug-likeness (QED) is 0.231. The average Bonchev–Trinajstić information content (AvgIpc) is 3.71. The number of hydrogen-bond donors (Lipinski definition) is 2. The number of aromatic nitrogens is 4. The number of nitrogens with two attached hydrogens (primary N) is 1. The highest BCUT2D eigenvalue weighted by molar-refractivity contribution is 5.78. The van der Waals surface area contributed by atoms with Crippen LogP contribution in [0.1, 0.15) is 30.9 Å². The summed E-state index contributed by atoms with van der Waals surface area (Å²) in [4.78, 5) is 39.2. The molecule has 236 valence electrons. The van der Waals surface area contributed by atoms with E-state index in [-0.39, 0.29) is 30.8 Å². The Morgan fingerprint density at radius 1 is 1.00 bits per heavy atom. The molecule has 0 radical (unpaired) electrons. The van der Waals surface area contributed by atoms with Gasteiger partial charge in [0, 0.05) is 45.7 Å². The molecule has 1 aromatic carbocycles. The number of carbonyl (C=O) groups excluding carboxylic acids is 2. The Morgan fingerprint density at radius 3 is 2.67 bits per heavy atom. The van der Waals surface area contributed by atoms with Gasteiger partial charge in [-0.3, -0.25) is 14.5 Å². The minimum absolute atomic E-state index is 0.0577. The Kier molecular flexibility index (Phi) is 9.46. The van der Waals surface area contributed by atoms with Crippen LogP contribution in [-0.4, -0.2) is 95.3 Å². The second kappa shape index (κ2) is 14.0. The lowest BCUT2D eigenvalue weighted by molar-refractivity contribution is -0.123. The van der Waals surface area contributed by atoms with E-state index in [1.165, 1.54) is 6.07 Å². The molecular weight excluding hydrogens is 577 g/mol. The molecule has 0 bridgehead atoms. The van der Waals surface area contributed by atoms with Crippen LogP contribution < -0.4 is 20.9 Å². The van der Waals surface area contributed by atoms with Crippen molar-refractivity contribution in [2.24, 2.45) is 5.73 Å². The minimum atomic E-state index is -0.406. The fraction of sp³-hybridized carbons (Fsp3) is 0.406. The number of nitrogens with zero attached hydrogens (tertiary/aromatic N) is 7. The summed E-state index contributed by atoms with van der Waals surface area (Å²) in [6, 6.07) is 16.8. The molecule has 2 amide bonds. The zero-order chi connectivity index (χ0) is 31.2. The molecule has 1 atom stereocenters. The second-order valence-corrected chi connectivity index (χ2v) is 11.3. The van der Waals surface area contributed by atoms with E-state index in [4.69, 9.17) is 20.6 Å². The van der Waals surface area contributed by atoms with Crippen LogP contribution in [0.2, 0.25) is 0 Å². The van der Waals surface area contributed by atoms with Crippen molar-refractivity contribution in [3.63, 3.8) is 0 Å². The van der Waals surface area contributed by atoms with E-state index >= 15 is 0 Å². The molecule has 4 aromatic rings. The van der Waals surface area contributed by atoms with Crippen molar-refractivity contribution in [1.29, 1.82) is 0 Å². The number of carbonyl (C=O) groups is 2. The number of ether oxygens (including phenoxy) is 1. The zero-order valence-corrected chi connectivity index (χ0v) is 25.1. The van der Waals surface area contributed by atoms with Crippen LogP contribution in [0.25, 0.3) is 17.0 Å². The number of halogens is 1. The molecule has 5 heterocycles. The lowest BCUT2D eigenvalue weighted by atomic mass is 10.0. The van der Waals surface area contributed by atoms with Crippen LogP contribution >= 0.6 is 0 Å². The van der Waals surface area contributed by atoms with Crippen LogP contribution in [0.3, 0.4) is 0 Å². The monoisotopic (exact) mass is 615 g/mol. The summed E-state index contributed by atoms with van der Waals surface area (Å²) in [7, 11) is 0. The van der Waals surface area contributed by atoms with Gasteiger partial charge in [0.25, 0.3) is 0 Å². The predicted molar refractivity (Wildman–Crippen MR) is 168 cm³/mol. The Morgan fingerprint density at radius 2 is 1.84 bits per heavy atom. The van der Waals surface area contributed by atoms with Crippen molar-refractivity contribution in [2.45, 2.75) is 25.3 Å². The molecule has 3 aromatic heterocycles. The summed E-state index contributed by atoms with van der Waals surface area (Å²) in [6.45, 7) is 5.10. The number of primary amides is 1. The Balaban J connectivity index is 1.08. The zero-order valence-electron chi connectivity index (χ0n) is 25.1. The Bertz CT molecular complexity index is 1640. The Hall–Kier alpha value is -4.62. The van der Waals surface area contributed by atoms with E-state index in [1.807, 2.05) is 40.9 Å².